The van der Waals surface area contributed by atoms with Crippen molar-refractivity contribution >= 4 is 10.8 Å². The standard InChI is InChI=1S/C32H37F/c1-3-5-6-25-7-9-26(10-8-25)11-12-27-13-15-28(16-14-27)17-19-29-20-21-30-23-24(4-2)18-22-31(30)32(29)33/h13-16,18,20-23,25-26H,3-12H2,1-2H3. The quantitative estimate of drug-likeness (QED) is 0.322. The van der Waals surface area contributed by atoms with Crippen molar-refractivity contribution in [2.24, 2.45) is 11.8 Å². The van der Waals surface area contributed by atoms with Crippen molar-refractivity contribution in [2.45, 2.75) is 78.1 Å². The first-order valence-corrected chi connectivity index (χ1v) is 13.0. The maximum atomic E-state index is 14.9. The molecule has 0 atom stereocenters. The molecule has 4 rings (SSSR count). The van der Waals surface area contributed by atoms with Crippen molar-refractivity contribution in [1.82, 2.24) is 0 Å². The van der Waals surface area contributed by atoms with Gasteiger partial charge in [0, 0.05) is 10.9 Å². The van der Waals surface area contributed by atoms with Crippen molar-refractivity contribution in [2.75, 3.05) is 0 Å². The maximum Gasteiger partial charge on any atom is 0.146 e. The van der Waals surface area contributed by atoms with Crippen LogP contribution in [0, 0.1) is 29.5 Å². The zero-order valence-electron chi connectivity index (χ0n) is 20.3. The molecule has 1 aliphatic rings. The topological polar surface area (TPSA) is 0 Å². The number of unbranched alkanes of at least 4 members (excludes halogenated alkanes) is 1. The van der Waals surface area contributed by atoms with Gasteiger partial charge in [0.05, 0.1) is 5.56 Å². The third-order valence-electron chi connectivity index (χ3n) is 7.50. The molecule has 0 bridgehead atoms. The van der Waals surface area contributed by atoms with E-state index < -0.39 is 0 Å². The minimum absolute atomic E-state index is 0.219. The van der Waals surface area contributed by atoms with Gasteiger partial charge in [-0.1, -0.05) is 107 Å². The van der Waals surface area contributed by atoms with E-state index in [2.05, 4.69) is 56.0 Å². The summed E-state index contributed by atoms with van der Waals surface area (Å²) in [6, 6.07) is 18.3. The van der Waals surface area contributed by atoms with Crippen LogP contribution in [-0.2, 0) is 12.8 Å². The van der Waals surface area contributed by atoms with E-state index in [1.165, 1.54) is 62.5 Å². The van der Waals surface area contributed by atoms with E-state index in [4.69, 9.17) is 0 Å². The van der Waals surface area contributed by atoms with E-state index in [-0.39, 0.29) is 5.82 Å². The molecule has 0 nitrogen and oxygen atoms in total. The van der Waals surface area contributed by atoms with Gasteiger partial charge in [-0.3, -0.25) is 0 Å². The summed E-state index contributed by atoms with van der Waals surface area (Å²) in [4.78, 5) is 0. The van der Waals surface area contributed by atoms with Gasteiger partial charge in [0.2, 0.25) is 0 Å². The number of fused-ring (bicyclic) bond motifs is 1. The lowest BCUT2D eigenvalue weighted by molar-refractivity contribution is 0.250. The minimum Gasteiger partial charge on any atom is -0.205 e. The Morgan fingerprint density at radius 2 is 1.48 bits per heavy atom. The summed E-state index contributed by atoms with van der Waals surface area (Å²) in [6.45, 7) is 4.41. The Labute approximate surface area is 199 Å². The van der Waals surface area contributed by atoms with Crippen LogP contribution in [0.15, 0.2) is 54.6 Å². The van der Waals surface area contributed by atoms with Gasteiger partial charge in [0.1, 0.15) is 5.82 Å². The van der Waals surface area contributed by atoms with Crippen LogP contribution in [0.2, 0.25) is 0 Å². The highest BCUT2D eigenvalue weighted by Crippen LogP contribution is 2.34. The summed E-state index contributed by atoms with van der Waals surface area (Å²) in [5.41, 5.74) is 4.01. The van der Waals surface area contributed by atoms with E-state index in [1.807, 2.05) is 18.2 Å². The molecule has 0 saturated heterocycles. The van der Waals surface area contributed by atoms with Crippen LogP contribution in [0.25, 0.3) is 10.8 Å². The summed E-state index contributed by atoms with van der Waals surface area (Å²) in [5, 5.41) is 1.59. The van der Waals surface area contributed by atoms with Gasteiger partial charge in [-0.05, 0) is 65.8 Å². The molecule has 1 fully saturated rings. The fourth-order valence-corrected chi connectivity index (χ4v) is 5.22. The first-order valence-electron chi connectivity index (χ1n) is 13.0. The van der Waals surface area contributed by atoms with E-state index in [1.54, 1.807) is 6.07 Å². The number of benzene rings is 3. The predicted octanol–water partition coefficient (Wildman–Crippen LogP) is 8.87. The molecular formula is C32H37F. The first kappa shape index (κ1) is 23.6. The predicted molar refractivity (Wildman–Crippen MR) is 139 cm³/mol. The summed E-state index contributed by atoms with van der Waals surface area (Å²) >= 11 is 0. The number of aryl methyl sites for hydroxylation is 2. The monoisotopic (exact) mass is 440 g/mol. The molecule has 1 saturated carbocycles. The van der Waals surface area contributed by atoms with Crippen molar-refractivity contribution < 1.29 is 4.39 Å². The Morgan fingerprint density at radius 3 is 2.18 bits per heavy atom. The summed E-state index contributed by atoms with van der Waals surface area (Å²) in [5.74, 6) is 7.86. The van der Waals surface area contributed by atoms with Gasteiger partial charge < -0.3 is 0 Å². The molecule has 0 heterocycles. The smallest absolute Gasteiger partial charge is 0.146 e. The van der Waals surface area contributed by atoms with E-state index in [0.717, 1.165) is 35.6 Å². The molecule has 3 aromatic rings. The molecule has 0 aromatic heterocycles. The van der Waals surface area contributed by atoms with Crippen molar-refractivity contribution in [1.29, 1.82) is 0 Å². The fourth-order valence-electron chi connectivity index (χ4n) is 5.22. The molecule has 0 N–H and O–H groups in total. The van der Waals surface area contributed by atoms with Crippen molar-refractivity contribution in [3.63, 3.8) is 0 Å². The summed E-state index contributed by atoms with van der Waals surface area (Å²) in [6.07, 6.45) is 13.3. The number of hydrogen-bond acceptors (Lipinski definition) is 0. The Balaban J connectivity index is 1.33. The first-order chi connectivity index (χ1) is 16.2. The lowest BCUT2D eigenvalue weighted by Crippen LogP contribution is -2.15. The van der Waals surface area contributed by atoms with E-state index >= 15 is 0 Å². The molecule has 3 aromatic carbocycles. The second-order valence-electron chi connectivity index (χ2n) is 9.85. The van der Waals surface area contributed by atoms with Gasteiger partial charge in [0.25, 0.3) is 0 Å². The van der Waals surface area contributed by atoms with Crippen LogP contribution < -0.4 is 0 Å². The summed E-state index contributed by atoms with van der Waals surface area (Å²) in [7, 11) is 0. The van der Waals surface area contributed by atoms with E-state index in [0.29, 0.717) is 10.9 Å². The fraction of sp³-hybridized carbons (Fsp3) is 0.438. The lowest BCUT2D eigenvalue weighted by atomic mass is 9.78. The van der Waals surface area contributed by atoms with Crippen molar-refractivity contribution in [3.05, 3.63) is 82.7 Å². The second kappa shape index (κ2) is 11.5. The number of halogens is 1. The van der Waals surface area contributed by atoms with Gasteiger partial charge in [-0.2, -0.15) is 0 Å². The molecule has 0 spiro atoms. The van der Waals surface area contributed by atoms with Crippen LogP contribution in [0.4, 0.5) is 4.39 Å². The summed E-state index contributed by atoms with van der Waals surface area (Å²) < 4.78 is 14.9. The van der Waals surface area contributed by atoms with E-state index in [9.17, 15) is 4.39 Å². The molecule has 1 heteroatoms. The SMILES string of the molecule is CCCCC1CCC(CCc2ccc(C#Cc3ccc4cc(CC)ccc4c3F)cc2)CC1. The van der Waals surface area contributed by atoms with Crippen LogP contribution in [0.5, 0.6) is 0 Å². The van der Waals surface area contributed by atoms with Gasteiger partial charge in [0.15, 0.2) is 0 Å². The maximum absolute atomic E-state index is 14.9. The highest BCUT2D eigenvalue weighted by Gasteiger charge is 2.20. The van der Waals surface area contributed by atoms with Crippen LogP contribution in [0.3, 0.4) is 0 Å². The number of hydrogen-bond donors (Lipinski definition) is 0. The average Bonchev–Trinajstić information content (AvgIpc) is 2.87. The molecule has 33 heavy (non-hydrogen) atoms. The third-order valence-corrected chi connectivity index (χ3v) is 7.50. The van der Waals surface area contributed by atoms with Crippen LogP contribution in [-0.4, -0.2) is 0 Å². The number of rotatable bonds is 7. The Kier molecular flexibility index (Phi) is 8.22. The Hall–Kier alpha value is -2.59. The third kappa shape index (κ3) is 6.26. The highest BCUT2D eigenvalue weighted by molar-refractivity contribution is 5.85. The molecule has 0 amide bonds. The Morgan fingerprint density at radius 1 is 0.788 bits per heavy atom. The highest BCUT2D eigenvalue weighted by atomic mass is 19.1. The minimum atomic E-state index is -0.219. The van der Waals surface area contributed by atoms with Crippen LogP contribution >= 0.6 is 0 Å². The van der Waals surface area contributed by atoms with Gasteiger partial charge >= 0.3 is 0 Å². The second-order valence-corrected chi connectivity index (χ2v) is 9.85. The van der Waals surface area contributed by atoms with Gasteiger partial charge in [-0.15, -0.1) is 0 Å². The lowest BCUT2D eigenvalue weighted by Gasteiger charge is -2.28. The Bertz CT molecular complexity index is 1100. The molecule has 0 unspecified atom stereocenters. The largest absolute Gasteiger partial charge is 0.205 e. The van der Waals surface area contributed by atoms with Crippen LogP contribution in [0.1, 0.15) is 87.5 Å². The molecular weight excluding hydrogens is 403 g/mol. The molecule has 0 radical (unpaired) electrons. The average molecular weight is 441 g/mol. The zero-order chi connectivity index (χ0) is 23.0. The zero-order valence-corrected chi connectivity index (χ0v) is 20.3. The van der Waals surface area contributed by atoms with Crippen molar-refractivity contribution in [3.8, 4) is 11.8 Å². The molecule has 1 aliphatic carbocycles. The normalized spacial score (nSPS) is 18.2. The molecule has 0 aliphatic heterocycles. The van der Waals surface area contributed by atoms with Gasteiger partial charge in [-0.25, -0.2) is 4.39 Å². The molecule has 172 valence electrons.